The second-order valence-electron chi connectivity index (χ2n) is 2.71. The van der Waals surface area contributed by atoms with Gasteiger partial charge in [-0.15, -0.1) is 11.8 Å². The van der Waals surface area contributed by atoms with Gasteiger partial charge in [0.2, 0.25) is 0 Å². The van der Waals surface area contributed by atoms with Gasteiger partial charge >= 0.3 is 0 Å². The molecule has 0 spiro atoms. The van der Waals surface area contributed by atoms with Gasteiger partial charge in [-0.2, -0.15) is 11.8 Å². The summed E-state index contributed by atoms with van der Waals surface area (Å²) in [5.41, 5.74) is 0. The van der Waals surface area contributed by atoms with E-state index in [1.807, 2.05) is 23.5 Å². The van der Waals surface area contributed by atoms with Gasteiger partial charge in [0.15, 0.2) is 0 Å². The summed E-state index contributed by atoms with van der Waals surface area (Å²) in [6.07, 6.45) is 1.98. The molecule has 1 saturated carbocycles. The Kier molecular flexibility index (Phi) is 1.96. The number of hydrogen-bond donors (Lipinski definition) is 0. The predicted molar refractivity (Wildman–Crippen MR) is 46.7 cm³/mol. The highest BCUT2D eigenvalue weighted by atomic mass is 32.2. The fraction of sp³-hybridized carbons (Fsp3) is 0.857. The third-order valence-corrected chi connectivity index (χ3v) is 5.24. The number of thioether (sulfide) groups is 2. The highest BCUT2D eigenvalue weighted by Gasteiger charge is 2.37. The van der Waals surface area contributed by atoms with Crippen molar-refractivity contribution in [3.63, 3.8) is 0 Å². The lowest BCUT2D eigenvalue weighted by atomic mass is 10.3. The molecule has 1 saturated heterocycles. The molecule has 0 aromatic heterocycles. The molecule has 2 unspecified atom stereocenters. The Morgan fingerprint density at radius 2 is 2.10 bits per heavy atom. The van der Waals surface area contributed by atoms with E-state index in [4.69, 9.17) is 0 Å². The first-order valence-electron chi connectivity index (χ1n) is 3.64. The van der Waals surface area contributed by atoms with Crippen LogP contribution in [0.2, 0.25) is 0 Å². The minimum atomic E-state index is 0.374. The minimum Gasteiger partial charge on any atom is -0.298 e. The number of ketones is 1. The van der Waals surface area contributed by atoms with Crippen LogP contribution in [0.1, 0.15) is 12.8 Å². The molecule has 2 rings (SSSR count). The van der Waals surface area contributed by atoms with E-state index in [-0.39, 0.29) is 0 Å². The highest BCUT2D eigenvalue weighted by molar-refractivity contribution is 8.07. The Morgan fingerprint density at radius 1 is 1.30 bits per heavy atom. The Labute approximate surface area is 69.3 Å². The zero-order valence-electron chi connectivity index (χ0n) is 5.71. The van der Waals surface area contributed by atoms with Gasteiger partial charge in [-0.25, -0.2) is 0 Å². The SMILES string of the molecule is O=C1CCC2SCCSC12. The van der Waals surface area contributed by atoms with Crippen molar-refractivity contribution in [2.45, 2.75) is 23.3 Å². The van der Waals surface area contributed by atoms with Crippen LogP contribution in [-0.2, 0) is 4.79 Å². The van der Waals surface area contributed by atoms with Crippen LogP contribution < -0.4 is 0 Å². The van der Waals surface area contributed by atoms with Crippen molar-refractivity contribution >= 4 is 29.3 Å². The lowest BCUT2D eigenvalue weighted by molar-refractivity contribution is -0.116. The van der Waals surface area contributed by atoms with E-state index in [1.54, 1.807) is 0 Å². The number of rotatable bonds is 0. The maximum Gasteiger partial charge on any atom is 0.146 e. The van der Waals surface area contributed by atoms with E-state index >= 15 is 0 Å². The van der Waals surface area contributed by atoms with E-state index in [0.717, 1.165) is 12.8 Å². The van der Waals surface area contributed by atoms with E-state index in [9.17, 15) is 4.79 Å². The second kappa shape index (κ2) is 2.78. The normalized spacial score (nSPS) is 39.8. The van der Waals surface area contributed by atoms with Crippen molar-refractivity contribution in [1.29, 1.82) is 0 Å². The van der Waals surface area contributed by atoms with E-state index in [0.29, 0.717) is 16.3 Å². The number of fused-ring (bicyclic) bond motifs is 1. The fourth-order valence-corrected chi connectivity index (χ4v) is 4.59. The zero-order valence-corrected chi connectivity index (χ0v) is 7.34. The van der Waals surface area contributed by atoms with Crippen molar-refractivity contribution < 1.29 is 4.79 Å². The molecule has 3 heteroatoms. The highest BCUT2D eigenvalue weighted by Crippen LogP contribution is 2.39. The van der Waals surface area contributed by atoms with Gasteiger partial charge < -0.3 is 0 Å². The minimum absolute atomic E-state index is 0.374. The van der Waals surface area contributed by atoms with Crippen molar-refractivity contribution in [3.05, 3.63) is 0 Å². The average Bonchev–Trinajstić information content (AvgIpc) is 2.34. The Hall–Kier alpha value is 0.370. The summed E-state index contributed by atoms with van der Waals surface area (Å²) in [5.74, 6) is 2.93. The average molecular weight is 174 g/mol. The smallest absolute Gasteiger partial charge is 0.146 e. The van der Waals surface area contributed by atoms with Crippen LogP contribution >= 0.6 is 23.5 Å². The molecular weight excluding hydrogens is 164 g/mol. The number of hydrogen-bond acceptors (Lipinski definition) is 3. The van der Waals surface area contributed by atoms with Crippen LogP contribution in [0.5, 0.6) is 0 Å². The third-order valence-electron chi connectivity index (χ3n) is 2.04. The second-order valence-corrected chi connectivity index (χ2v) is 5.30. The molecule has 1 aliphatic heterocycles. The lowest BCUT2D eigenvalue weighted by Gasteiger charge is -2.22. The molecule has 1 nitrogen and oxygen atoms in total. The molecule has 0 radical (unpaired) electrons. The van der Waals surface area contributed by atoms with Crippen molar-refractivity contribution in [1.82, 2.24) is 0 Å². The number of Topliss-reactive ketones (excluding diaryl/α,β-unsaturated/α-hetero) is 1. The van der Waals surface area contributed by atoms with E-state index in [1.165, 1.54) is 11.5 Å². The molecule has 0 aromatic rings. The lowest BCUT2D eigenvalue weighted by Crippen LogP contribution is -2.24. The molecule has 56 valence electrons. The molecule has 10 heavy (non-hydrogen) atoms. The third kappa shape index (κ3) is 1.10. The summed E-state index contributed by atoms with van der Waals surface area (Å²) in [5, 5.41) is 1.05. The molecule has 2 atom stereocenters. The number of carbonyl (C=O) groups is 1. The van der Waals surface area contributed by atoms with Gasteiger partial charge in [-0.1, -0.05) is 0 Å². The van der Waals surface area contributed by atoms with Crippen molar-refractivity contribution in [3.8, 4) is 0 Å². The quantitative estimate of drug-likeness (QED) is 0.555. The van der Waals surface area contributed by atoms with E-state index < -0.39 is 0 Å². The van der Waals surface area contributed by atoms with Gasteiger partial charge in [0.1, 0.15) is 5.78 Å². The summed E-state index contributed by atoms with van der Waals surface area (Å²) in [6, 6.07) is 0. The van der Waals surface area contributed by atoms with Crippen LogP contribution in [0.4, 0.5) is 0 Å². The van der Waals surface area contributed by atoms with Gasteiger partial charge in [0.05, 0.1) is 5.25 Å². The molecule has 2 fully saturated rings. The molecule has 0 bridgehead atoms. The van der Waals surface area contributed by atoms with E-state index in [2.05, 4.69) is 0 Å². The standard InChI is InChI=1S/C7H10OS2/c8-5-1-2-6-7(5)10-4-3-9-6/h6-7H,1-4H2. The Bertz CT molecular complexity index is 158. The summed E-state index contributed by atoms with van der Waals surface area (Å²) in [6.45, 7) is 0. The van der Waals surface area contributed by atoms with Gasteiger partial charge in [-0.3, -0.25) is 4.79 Å². The zero-order chi connectivity index (χ0) is 6.97. The van der Waals surface area contributed by atoms with Gasteiger partial charge in [-0.05, 0) is 6.42 Å². The van der Waals surface area contributed by atoms with Gasteiger partial charge in [0.25, 0.3) is 0 Å². The number of carbonyl (C=O) groups excluding carboxylic acids is 1. The first-order chi connectivity index (χ1) is 4.88. The molecule has 0 aromatic carbocycles. The van der Waals surface area contributed by atoms with Gasteiger partial charge in [0, 0.05) is 23.2 Å². The molecule has 1 heterocycles. The maximum absolute atomic E-state index is 11.2. The van der Waals surface area contributed by atoms with Crippen LogP contribution in [-0.4, -0.2) is 27.8 Å². The molecule has 2 aliphatic rings. The van der Waals surface area contributed by atoms with Crippen LogP contribution in [0.25, 0.3) is 0 Å². The molecule has 0 N–H and O–H groups in total. The summed E-state index contributed by atoms with van der Waals surface area (Å²) in [7, 11) is 0. The molecule has 0 amide bonds. The van der Waals surface area contributed by atoms with Crippen LogP contribution in [0, 0.1) is 0 Å². The van der Waals surface area contributed by atoms with Crippen LogP contribution in [0.3, 0.4) is 0 Å². The predicted octanol–water partition coefficient (Wildman–Crippen LogP) is 1.57. The van der Waals surface area contributed by atoms with Crippen molar-refractivity contribution in [2.24, 2.45) is 0 Å². The summed E-state index contributed by atoms with van der Waals surface area (Å²) < 4.78 is 0. The van der Waals surface area contributed by atoms with Crippen LogP contribution in [0.15, 0.2) is 0 Å². The summed E-state index contributed by atoms with van der Waals surface area (Å²) >= 11 is 3.87. The first-order valence-corrected chi connectivity index (χ1v) is 5.73. The summed E-state index contributed by atoms with van der Waals surface area (Å²) in [4.78, 5) is 11.2. The van der Waals surface area contributed by atoms with Crippen molar-refractivity contribution in [2.75, 3.05) is 11.5 Å². The molecule has 1 aliphatic carbocycles. The molecular formula is C7H10OS2. The fourth-order valence-electron chi connectivity index (χ4n) is 1.53. The first kappa shape index (κ1) is 7.04. The largest absolute Gasteiger partial charge is 0.298 e. The Balaban J connectivity index is 2.08. The maximum atomic E-state index is 11.2. The Morgan fingerprint density at radius 3 is 2.90 bits per heavy atom. The topological polar surface area (TPSA) is 17.1 Å². The monoisotopic (exact) mass is 174 g/mol.